The van der Waals surface area contributed by atoms with Gasteiger partial charge in [0.25, 0.3) is 5.91 Å². The number of hydroxylamine groups is 1. The quantitative estimate of drug-likeness (QED) is 0.565. The van der Waals surface area contributed by atoms with E-state index >= 15 is 0 Å². The number of rotatable bonds is 2. The molecule has 0 saturated heterocycles. The number of anilines is 1. The Kier molecular flexibility index (Phi) is 3.19. The highest BCUT2D eigenvalue weighted by Gasteiger charge is 2.17. The van der Waals surface area contributed by atoms with Gasteiger partial charge in [0, 0.05) is 11.6 Å². The van der Waals surface area contributed by atoms with Gasteiger partial charge in [-0.25, -0.2) is 0 Å². The summed E-state index contributed by atoms with van der Waals surface area (Å²) in [6, 6.07) is 22.6. The fourth-order valence-corrected chi connectivity index (χ4v) is 2.15. The van der Waals surface area contributed by atoms with Gasteiger partial charge in [0.05, 0.1) is 5.69 Å². The molecular formula is C17H12NO2. The predicted molar refractivity (Wildman–Crippen MR) is 77.8 cm³/mol. The number of fused-ring (bicyclic) bond motifs is 1. The van der Waals surface area contributed by atoms with Gasteiger partial charge in [-0.2, -0.15) is 5.06 Å². The number of benzene rings is 3. The summed E-state index contributed by atoms with van der Waals surface area (Å²) in [4.78, 5) is 12.4. The maximum atomic E-state index is 12.4. The monoisotopic (exact) mass is 262 g/mol. The number of hydrogen-bond acceptors (Lipinski definition) is 2. The van der Waals surface area contributed by atoms with Crippen molar-refractivity contribution in [1.29, 1.82) is 0 Å². The van der Waals surface area contributed by atoms with E-state index < -0.39 is 5.91 Å². The van der Waals surface area contributed by atoms with Crippen molar-refractivity contribution in [1.82, 2.24) is 0 Å². The van der Waals surface area contributed by atoms with Crippen LogP contribution in [0.25, 0.3) is 10.8 Å². The molecule has 0 aliphatic rings. The molecule has 0 unspecified atom stereocenters. The Morgan fingerprint density at radius 3 is 2.50 bits per heavy atom. The third-order valence-corrected chi connectivity index (χ3v) is 3.13. The minimum atomic E-state index is -0.468. The summed E-state index contributed by atoms with van der Waals surface area (Å²) >= 11 is 0. The third-order valence-electron chi connectivity index (χ3n) is 3.13. The molecule has 3 aromatic carbocycles. The van der Waals surface area contributed by atoms with Crippen molar-refractivity contribution < 1.29 is 10.0 Å². The van der Waals surface area contributed by atoms with Crippen LogP contribution >= 0.6 is 0 Å². The van der Waals surface area contributed by atoms with Crippen molar-refractivity contribution in [3.05, 3.63) is 78.4 Å². The minimum absolute atomic E-state index is 0.324. The largest absolute Gasteiger partial charge is 0.282 e. The van der Waals surface area contributed by atoms with Gasteiger partial charge in [-0.1, -0.05) is 54.6 Å². The van der Waals surface area contributed by atoms with Gasteiger partial charge in [-0.05, 0) is 22.9 Å². The molecule has 0 spiro atoms. The number of hydrogen-bond donors (Lipinski definition) is 1. The normalized spacial score (nSPS) is 10.4. The lowest BCUT2D eigenvalue weighted by molar-refractivity contribution is 0.0856. The third kappa shape index (κ3) is 2.15. The molecule has 0 fully saturated rings. The van der Waals surface area contributed by atoms with E-state index in [0.29, 0.717) is 16.3 Å². The van der Waals surface area contributed by atoms with Crippen molar-refractivity contribution in [3.63, 3.8) is 0 Å². The van der Waals surface area contributed by atoms with Gasteiger partial charge in [0.2, 0.25) is 0 Å². The summed E-state index contributed by atoms with van der Waals surface area (Å²) in [6.45, 7) is 0. The Morgan fingerprint density at radius 1 is 0.950 bits per heavy atom. The van der Waals surface area contributed by atoms with Gasteiger partial charge >= 0.3 is 0 Å². The summed E-state index contributed by atoms with van der Waals surface area (Å²) in [5, 5.41) is 12.5. The Morgan fingerprint density at radius 2 is 1.70 bits per heavy atom. The number of amides is 1. The number of carbonyl (C=O) groups is 1. The SMILES string of the molecule is O=C(c1cccc2ccccc12)N(O)c1[c]cccc1. The highest BCUT2D eigenvalue weighted by atomic mass is 16.5. The van der Waals surface area contributed by atoms with E-state index in [2.05, 4.69) is 6.07 Å². The predicted octanol–water partition coefficient (Wildman–Crippen LogP) is 3.68. The van der Waals surface area contributed by atoms with Gasteiger partial charge in [-0.15, -0.1) is 0 Å². The Labute approximate surface area is 116 Å². The Hall–Kier alpha value is -2.65. The number of nitrogens with zero attached hydrogens (tertiary/aromatic N) is 1. The smallest absolute Gasteiger partial charge is 0.281 e. The molecule has 0 aromatic heterocycles. The first-order valence-corrected chi connectivity index (χ1v) is 6.25. The van der Waals surface area contributed by atoms with Crippen LogP contribution in [0.4, 0.5) is 5.69 Å². The van der Waals surface area contributed by atoms with E-state index in [0.717, 1.165) is 10.8 Å². The van der Waals surface area contributed by atoms with Crippen molar-refractivity contribution in [2.75, 3.05) is 5.06 Å². The molecule has 1 N–H and O–H groups in total. The lowest BCUT2D eigenvalue weighted by Crippen LogP contribution is -2.27. The van der Waals surface area contributed by atoms with E-state index in [4.69, 9.17) is 0 Å². The van der Waals surface area contributed by atoms with Crippen molar-refractivity contribution in [3.8, 4) is 0 Å². The van der Waals surface area contributed by atoms with Crippen LogP contribution in [0.3, 0.4) is 0 Å². The highest BCUT2D eigenvalue weighted by Crippen LogP contribution is 2.21. The van der Waals surface area contributed by atoms with Crippen molar-refractivity contribution >= 4 is 22.4 Å². The molecule has 0 bridgehead atoms. The Bertz CT molecular complexity index is 748. The van der Waals surface area contributed by atoms with Crippen LogP contribution in [0.5, 0.6) is 0 Å². The standard InChI is InChI=1S/C17H12NO2/c19-17(18(20)14-9-2-1-3-10-14)16-12-6-8-13-7-4-5-11-15(13)16/h1-9,11-12,20H. The molecule has 3 heteroatoms. The van der Waals surface area contributed by atoms with Gasteiger partial charge in [0.15, 0.2) is 0 Å². The maximum Gasteiger partial charge on any atom is 0.282 e. The first kappa shape index (κ1) is 12.4. The highest BCUT2D eigenvalue weighted by molar-refractivity contribution is 6.12. The zero-order valence-corrected chi connectivity index (χ0v) is 10.7. The lowest BCUT2D eigenvalue weighted by Gasteiger charge is -2.15. The second-order valence-electron chi connectivity index (χ2n) is 4.39. The molecule has 0 aliphatic carbocycles. The summed E-state index contributed by atoms with van der Waals surface area (Å²) in [6.07, 6.45) is 0. The molecule has 0 heterocycles. The van der Waals surface area contributed by atoms with E-state index in [1.807, 2.05) is 30.3 Å². The van der Waals surface area contributed by atoms with Gasteiger partial charge < -0.3 is 0 Å². The fraction of sp³-hybridized carbons (Fsp3) is 0. The van der Waals surface area contributed by atoms with Crippen LogP contribution < -0.4 is 5.06 Å². The van der Waals surface area contributed by atoms with E-state index in [1.54, 1.807) is 36.4 Å². The second-order valence-corrected chi connectivity index (χ2v) is 4.39. The zero-order chi connectivity index (χ0) is 13.9. The van der Waals surface area contributed by atoms with Crippen LogP contribution in [0, 0.1) is 6.07 Å². The minimum Gasteiger partial charge on any atom is -0.281 e. The molecule has 0 atom stereocenters. The van der Waals surface area contributed by atoms with Crippen LogP contribution in [-0.2, 0) is 0 Å². The molecule has 0 saturated carbocycles. The first-order chi connectivity index (χ1) is 9.77. The van der Waals surface area contributed by atoms with Gasteiger partial charge in [-0.3, -0.25) is 10.0 Å². The zero-order valence-electron chi connectivity index (χ0n) is 10.7. The second kappa shape index (κ2) is 5.15. The molecule has 3 aromatic rings. The summed E-state index contributed by atoms with van der Waals surface area (Å²) in [5.74, 6) is -0.468. The van der Waals surface area contributed by atoms with Crippen LogP contribution in [0.1, 0.15) is 10.4 Å². The average molecular weight is 262 g/mol. The molecule has 0 aliphatic heterocycles. The molecule has 20 heavy (non-hydrogen) atoms. The molecule has 1 radical (unpaired) electrons. The summed E-state index contributed by atoms with van der Waals surface area (Å²) < 4.78 is 0. The number of carbonyl (C=O) groups excluding carboxylic acids is 1. The van der Waals surface area contributed by atoms with Crippen LogP contribution in [-0.4, -0.2) is 11.1 Å². The number of para-hydroxylation sites is 1. The molecule has 1 amide bonds. The van der Waals surface area contributed by atoms with E-state index in [9.17, 15) is 10.0 Å². The molecule has 3 rings (SSSR count). The lowest BCUT2D eigenvalue weighted by atomic mass is 10.0. The summed E-state index contributed by atoms with van der Waals surface area (Å²) in [5.41, 5.74) is 0.785. The van der Waals surface area contributed by atoms with Crippen LogP contribution in [0.15, 0.2) is 66.7 Å². The molecule has 97 valence electrons. The van der Waals surface area contributed by atoms with Crippen molar-refractivity contribution in [2.45, 2.75) is 0 Å². The van der Waals surface area contributed by atoms with Crippen LogP contribution in [0.2, 0.25) is 0 Å². The van der Waals surface area contributed by atoms with E-state index in [1.165, 1.54) is 0 Å². The van der Waals surface area contributed by atoms with E-state index in [-0.39, 0.29) is 0 Å². The topological polar surface area (TPSA) is 40.5 Å². The first-order valence-electron chi connectivity index (χ1n) is 6.25. The average Bonchev–Trinajstić information content (AvgIpc) is 2.54. The molecule has 3 nitrogen and oxygen atoms in total. The summed E-state index contributed by atoms with van der Waals surface area (Å²) in [7, 11) is 0. The van der Waals surface area contributed by atoms with Gasteiger partial charge in [0.1, 0.15) is 0 Å². The Balaban J connectivity index is 2.05. The maximum absolute atomic E-state index is 12.4. The molecular weight excluding hydrogens is 250 g/mol. The van der Waals surface area contributed by atoms with Crippen molar-refractivity contribution in [2.24, 2.45) is 0 Å². The fourth-order valence-electron chi connectivity index (χ4n) is 2.15.